The van der Waals surface area contributed by atoms with Crippen LogP contribution in [-0.4, -0.2) is 44.2 Å². The summed E-state index contributed by atoms with van der Waals surface area (Å²) in [6.07, 6.45) is 2.49. The maximum Gasteiger partial charge on any atom is 0.222 e. The Morgan fingerprint density at radius 1 is 0.963 bits per heavy atom. The van der Waals surface area contributed by atoms with E-state index in [0.29, 0.717) is 17.9 Å². The molecule has 2 aromatic carbocycles. The molecule has 1 saturated heterocycles. The first-order valence-corrected chi connectivity index (χ1v) is 9.41. The molecule has 0 aromatic heterocycles. The number of hydrogen-bond acceptors (Lipinski definition) is 4. The molecule has 1 amide bonds. The SMILES string of the molecule is CCC(=O)N1CCC(Oc2ccc(-c3ccc(OC)c(OC)c3)cc2)CC1. The van der Waals surface area contributed by atoms with E-state index >= 15 is 0 Å². The molecule has 0 atom stereocenters. The lowest BCUT2D eigenvalue weighted by molar-refractivity contribution is -0.132. The van der Waals surface area contributed by atoms with Gasteiger partial charge in [0, 0.05) is 32.4 Å². The van der Waals surface area contributed by atoms with Crippen LogP contribution in [0.25, 0.3) is 11.1 Å². The summed E-state index contributed by atoms with van der Waals surface area (Å²) in [6, 6.07) is 14.0. The van der Waals surface area contributed by atoms with Gasteiger partial charge in [-0.2, -0.15) is 0 Å². The third-order valence-electron chi connectivity index (χ3n) is 4.97. The molecular formula is C22H27NO4. The molecule has 0 radical (unpaired) electrons. The lowest BCUT2D eigenvalue weighted by atomic mass is 10.0. The smallest absolute Gasteiger partial charge is 0.222 e. The molecular weight excluding hydrogens is 342 g/mol. The molecule has 5 heteroatoms. The number of nitrogens with zero attached hydrogens (tertiary/aromatic N) is 1. The summed E-state index contributed by atoms with van der Waals surface area (Å²) in [4.78, 5) is 13.7. The van der Waals surface area contributed by atoms with Crippen molar-refractivity contribution in [1.29, 1.82) is 0 Å². The van der Waals surface area contributed by atoms with Gasteiger partial charge in [-0.15, -0.1) is 0 Å². The van der Waals surface area contributed by atoms with Gasteiger partial charge in [-0.05, 0) is 35.4 Å². The molecule has 0 N–H and O–H groups in total. The quantitative estimate of drug-likeness (QED) is 0.767. The molecule has 1 aliphatic heterocycles. The number of ether oxygens (including phenoxy) is 3. The topological polar surface area (TPSA) is 48.0 Å². The lowest BCUT2D eigenvalue weighted by Gasteiger charge is -2.32. The van der Waals surface area contributed by atoms with E-state index in [1.165, 1.54) is 0 Å². The Labute approximate surface area is 160 Å². The molecule has 3 rings (SSSR count). The molecule has 0 spiro atoms. The standard InChI is InChI=1S/C22H27NO4/c1-4-22(24)23-13-11-19(12-14-23)27-18-8-5-16(6-9-18)17-7-10-20(25-2)21(15-17)26-3/h5-10,15,19H,4,11-14H2,1-3H3. The van der Waals surface area contributed by atoms with Crippen LogP contribution in [-0.2, 0) is 4.79 Å². The van der Waals surface area contributed by atoms with Gasteiger partial charge in [0.1, 0.15) is 11.9 Å². The van der Waals surface area contributed by atoms with E-state index in [-0.39, 0.29) is 12.0 Å². The number of rotatable bonds is 6. The fourth-order valence-corrected chi connectivity index (χ4v) is 3.38. The maximum atomic E-state index is 11.8. The highest BCUT2D eigenvalue weighted by molar-refractivity contribution is 5.75. The van der Waals surface area contributed by atoms with Crippen LogP contribution in [0.15, 0.2) is 42.5 Å². The minimum Gasteiger partial charge on any atom is -0.493 e. The summed E-state index contributed by atoms with van der Waals surface area (Å²) >= 11 is 0. The molecule has 144 valence electrons. The Kier molecular flexibility index (Phi) is 6.22. The average Bonchev–Trinajstić information content (AvgIpc) is 2.73. The summed E-state index contributed by atoms with van der Waals surface area (Å²) in [5.41, 5.74) is 2.15. The third-order valence-corrected chi connectivity index (χ3v) is 4.97. The third kappa shape index (κ3) is 4.54. The second-order valence-electron chi connectivity index (χ2n) is 6.65. The van der Waals surface area contributed by atoms with E-state index in [2.05, 4.69) is 0 Å². The number of piperidine rings is 1. The van der Waals surface area contributed by atoms with Crippen LogP contribution in [0.3, 0.4) is 0 Å². The Balaban J connectivity index is 1.62. The van der Waals surface area contributed by atoms with Gasteiger partial charge in [-0.1, -0.05) is 25.1 Å². The minimum atomic E-state index is 0.165. The van der Waals surface area contributed by atoms with Crippen molar-refractivity contribution in [2.24, 2.45) is 0 Å². The fourth-order valence-electron chi connectivity index (χ4n) is 3.38. The van der Waals surface area contributed by atoms with E-state index < -0.39 is 0 Å². The van der Waals surface area contributed by atoms with Gasteiger partial charge in [0.05, 0.1) is 14.2 Å². The normalized spacial score (nSPS) is 14.7. The van der Waals surface area contributed by atoms with E-state index in [4.69, 9.17) is 14.2 Å². The molecule has 0 unspecified atom stereocenters. The maximum absolute atomic E-state index is 11.8. The van der Waals surface area contributed by atoms with Crippen LogP contribution in [0.2, 0.25) is 0 Å². The van der Waals surface area contributed by atoms with E-state index in [9.17, 15) is 4.79 Å². The Morgan fingerprint density at radius 2 is 1.59 bits per heavy atom. The monoisotopic (exact) mass is 369 g/mol. The molecule has 5 nitrogen and oxygen atoms in total. The first-order chi connectivity index (χ1) is 13.1. The first-order valence-electron chi connectivity index (χ1n) is 9.41. The largest absolute Gasteiger partial charge is 0.493 e. The second-order valence-corrected chi connectivity index (χ2v) is 6.65. The summed E-state index contributed by atoms with van der Waals surface area (Å²) in [5.74, 6) is 2.52. The summed E-state index contributed by atoms with van der Waals surface area (Å²) < 4.78 is 16.8. The molecule has 1 aliphatic rings. The highest BCUT2D eigenvalue weighted by Crippen LogP contribution is 2.33. The molecule has 0 aliphatic carbocycles. The van der Waals surface area contributed by atoms with Crippen LogP contribution in [0.1, 0.15) is 26.2 Å². The number of benzene rings is 2. The zero-order valence-corrected chi connectivity index (χ0v) is 16.2. The van der Waals surface area contributed by atoms with Crippen molar-refractivity contribution in [3.63, 3.8) is 0 Å². The zero-order chi connectivity index (χ0) is 19.2. The van der Waals surface area contributed by atoms with Gasteiger partial charge in [-0.3, -0.25) is 4.79 Å². The average molecular weight is 369 g/mol. The summed E-state index contributed by atoms with van der Waals surface area (Å²) in [7, 11) is 3.27. The van der Waals surface area contributed by atoms with Gasteiger partial charge in [0.2, 0.25) is 5.91 Å². The van der Waals surface area contributed by atoms with Gasteiger partial charge in [0.25, 0.3) is 0 Å². The van der Waals surface area contributed by atoms with Gasteiger partial charge < -0.3 is 19.1 Å². The van der Waals surface area contributed by atoms with E-state index in [1.54, 1.807) is 14.2 Å². The predicted octanol–water partition coefficient (Wildman–Crippen LogP) is 4.15. The van der Waals surface area contributed by atoms with Crippen molar-refractivity contribution in [2.45, 2.75) is 32.3 Å². The van der Waals surface area contributed by atoms with Crippen molar-refractivity contribution in [3.8, 4) is 28.4 Å². The molecule has 1 fully saturated rings. The number of carbonyl (C=O) groups is 1. The van der Waals surface area contributed by atoms with Gasteiger partial charge in [0.15, 0.2) is 11.5 Å². The van der Waals surface area contributed by atoms with Crippen LogP contribution >= 0.6 is 0 Å². The summed E-state index contributed by atoms with van der Waals surface area (Å²) in [5, 5.41) is 0. The number of methoxy groups -OCH3 is 2. The van der Waals surface area contributed by atoms with Gasteiger partial charge >= 0.3 is 0 Å². The van der Waals surface area contributed by atoms with Crippen molar-refractivity contribution in [3.05, 3.63) is 42.5 Å². The molecule has 27 heavy (non-hydrogen) atoms. The minimum absolute atomic E-state index is 0.165. The Morgan fingerprint density at radius 3 is 2.19 bits per heavy atom. The number of likely N-dealkylation sites (tertiary alicyclic amines) is 1. The molecule has 2 aromatic rings. The van der Waals surface area contributed by atoms with E-state index in [0.717, 1.165) is 42.8 Å². The fraction of sp³-hybridized carbons (Fsp3) is 0.409. The highest BCUT2D eigenvalue weighted by Gasteiger charge is 2.22. The highest BCUT2D eigenvalue weighted by atomic mass is 16.5. The van der Waals surface area contributed by atoms with Crippen LogP contribution in [0.4, 0.5) is 0 Å². The van der Waals surface area contributed by atoms with Crippen LogP contribution < -0.4 is 14.2 Å². The van der Waals surface area contributed by atoms with Gasteiger partial charge in [-0.25, -0.2) is 0 Å². The predicted molar refractivity (Wildman–Crippen MR) is 106 cm³/mol. The zero-order valence-electron chi connectivity index (χ0n) is 16.2. The Hall–Kier alpha value is -2.69. The van der Waals surface area contributed by atoms with Crippen molar-refractivity contribution in [1.82, 2.24) is 4.90 Å². The molecule has 1 heterocycles. The number of hydrogen-bond donors (Lipinski definition) is 0. The van der Waals surface area contributed by atoms with Crippen molar-refractivity contribution < 1.29 is 19.0 Å². The molecule has 0 bridgehead atoms. The van der Waals surface area contributed by atoms with Crippen molar-refractivity contribution in [2.75, 3.05) is 27.3 Å². The summed E-state index contributed by atoms with van der Waals surface area (Å²) in [6.45, 7) is 3.47. The van der Waals surface area contributed by atoms with Crippen LogP contribution in [0, 0.1) is 0 Å². The number of amides is 1. The van der Waals surface area contributed by atoms with Crippen molar-refractivity contribution >= 4 is 5.91 Å². The number of carbonyl (C=O) groups excluding carboxylic acids is 1. The first kappa shape index (κ1) is 19.1. The van der Waals surface area contributed by atoms with Crippen LogP contribution in [0.5, 0.6) is 17.2 Å². The lowest BCUT2D eigenvalue weighted by Crippen LogP contribution is -2.41. The second kappa shape index (κ2) is 8.80. The van der Waals surface area contributed by atoms with E-state index in [1.807, 2.05) is 54.3 Å². The molecule has 0 saturated carbocycles. The Bertz CT molecular complexity index is 764.